The standard InChI is InChI=1S/C14H14ClNO5S/c1-20-10-4-6-13(21-2)14(8-10)22(18,19)16-11-7-9(15)3-5-12(11)17/h3-8,16-17H,1-2H3. The molecule has 0 fully saturated rings. The van der Waals surface area contributed by atoms with E-state index in [9.17, 15) is 13.5 Å². The van der Waals surface area contributed by atoms with Crippen LogP contribution in [-0.4, -0.2) is 27.7 Å². The number of halogens is 1. The van der Waals surface area contributed by atoms with E-state index in [1.165, 1.54) is 44.6 Å². The van der Waals surface area contributed by atoms with Crippen molar-refractivity contribution in [2.75, 3.05) is 18.9 Å². The minimum atomic E-state index is -4.00. The summed E-state index contributed by atoms with van der Waals surface area (Å²) in [6.07, 6.45) is 0. The Bertz CT molecular complexity index is 792. The van der Waals surface area contributed by atoms with Crippen LogP contribution in [0.3, 0.4) is 0 Å². The average molecular weight is 344 g/mol. The van der Waals surface area contributed by atoms with Crippen LogP contribution in [0.25, 0.3) is 0 Å². The first-order valence-electron chi connectivity index (χ1n) is 6.10. The van der Waals surface area contributed by atoms with Gasteiger partial charge in [-0.1, -0.05) is 11.6 Å². The van der Waals surface area contributed by atoms with E-state index in [0.717, 1.165) is 0 Å². The predicted molar refractivity (Wildman–Crippen MR) is 83.5 cm³/mol. The summed E-state index contributed by atoms with van der Waals surface area (Å²) in [6, 6.07) is 8.42. The van der Waals surface area contributed by atoms with Crippen molar-refractivity contribution in [3.63, 3.8) is 0 Å². The maximum Gasteiger partial charge on any atom is 0.265 e. The van der Waals surface area contributed by atoms with Gasteiger partial charge in [0.1, 0.15) is 22.1 Å². The summed E-state index contributed by atoms with van der Waals surface area (Å²) in [7, 11) is -1.22. The summed E-state index contributed by atoms with van der Waals surface area (Å²) >= 11 is 5.81. The molecule has 0 atom stereocenters. The van der Waals surface area contributed by atoms with Crippen LogP contribution in [0, 0.1) is 0 Å². The van der Waals surface area contributed by atoms with E-state index in [4.69, 9.17) is 21.1 Å². The summed E-state index contributed by atoms with van der Waals surface area (Å²) in [5.41, 5.74) is -0.0302. The van der Waals surface area contributed by atoms with E-state index in [1.54, 1.807) is 6.07 Å². The molecule has 0 amide bonds. The number of aromatic hydroxyl groups is 1. The summed E-state index contributed by atoms with van der Waals surface area (Å²) in [5.74, 6) is 0.265. The first-order valence-corrected chi connectivity index (χ1v) is 7.97. The number of hydrogen-bond acceptors (Lipinski definition) is 5. The number of ether oxygens (including phenoxy) is 2. The zero-order valence-electron chi connectivity index (χ0n) is 11.8. The Morgan fingerprint density at radius 3 is 2.45 bits per heavy atom. The Hall–Kier alpha value is -2.12. The third-order valence-electron chi connectivity index (χ3n) is 2.86. The number of phenols is 1. The summed E-state index contributed by atoms with van der Waals surface area (Å²) in [5, 5.41) is 10.0. The van der Waals surface area contributed by atoms with Crippen molar-refractivity contribution in [1.29, 1.82) is 0 Å². The van der Waals surface area contributed by atoms with E-state index in [1.807, 2.05) is 0 Å². The van der Waals surface area contributed by atoms with E-state index in [-0.39, 0.29) is 27.1 Å². The van der Waals surface area contributed by atoms with Gasteiger partial charge in [-0.05, 0) is 30.3 Å². The Morgan fingerprint density at radius 1 is 1.09 bits per heavy atom. The van der Waals surface area contributed by atoms with Gasteiger partial charge in [-0.15, -0.1) is 0 Å². The van der Waals surface area contributed by atoms with Crippen molar-refractivity contribution in [3.8, 4) is 17.2 Å². The third-order valence-corrected chi connectivity index (χ3v) is 4.49. The predicted octanol–water partition coefficient (Wildman–Crippen LogP) is 2.86. The topological polar surface area (TPSA) is 84.9 Å². The van der Waals surface area contributed by atoms with Gasteiger partial charge in [0.2, 0.25) is 0 Å². The molecule has 2 N–H and O–H groups in total. The molecule has 0 saturated carbocycles. The molecule has 2 aromatic rings. The van der Waals surface area contributed by atoms with E-state index >= 15 is 0 Å². The molecule has 22 heavy (non-hydrogen) atoms. The Labute approximate surface area is 133 Å². The van der Waals surface area contributed by atoms with E-state index in [0.29, 0.717) is 5.75 Å². The van der Waals surface area contributed by atoms with Crippen LogP contribution in [0.1, 0.15) is 0 Å². The lowest BCUT2D eigenvalue weighted by atomic mass is 10.3. The molecule has 118 valence electrons. The first-order chi connectivity index (χ1) is 10.4. The van der Waals surface area contributed by atoms with Gasteiger partial charge >= 0.3 is 0 Å². The van der Waals surface area contributed by atoms with Crippen LogP contribution in [0.5, 0.6) is 17.2 Å². The highest BCUT2D eigenvalue weighted by atomic mass is 35.5. The lowest BCUT2D eigenvalue weighted by molar-refractivity contribution is 0.392. The lowest BCUT2D eigenvalue weighted by Crippen LogP contribution is -2.14. The van der Waals surface area contributed by atoms with Gasteiger partial charge < -0.3 is 14.6 Å². The van der Waals surface area contributed by atoms with Crippen LogP contribution in [-0.2, 0) is 10.0 Å². The maximum atomic E-state index is 12.5. The Kier molecular flexibility index (Phi) is 4.68. The van der Waals surface area contributed by atoms with Crippen molar-refractivity contribution < 1.29 is 23.0 Å². The van der Waals surface area contributed by atoms with Crippen molar-refractivity contribution in [2.24, 2.45) is 0 Å². The van der Waals surface area contributed by atoms with Gasteiger partial charge in [0.25, 0.3) is 10.0 Å². The molecule has 2 rings (SSSR count). The fourth-order valence-electron chi connectivity index (χ4n) is 1.78. The van der Waals surface area contributed by atoms with Crippen molar-refractivity contribution in [3.05, 3.63) is 41.4 Å². The number of rotatable bonds is 5. The smallest absolute Gasteiger partial charge is 0.265 e. The monoisotopic (exact) mass is 343 g/mol. The zero-order chi connectivity index (χ0) is 16.3. The van der Waals surface area contributed by atoms with E-state index < -0.39 is 10.0 Å². The Balaban J connectivity index is 2.48. The van der Waals surface area contributed by atoms with Crippen LogP contribution in [0.2, 0.25) is 5.02 Å². The van der Waals surface area contributed by atoms with Gasteiger partial charge in [-0.2, -0.15) is 0 Å². The quantitative estimate of drug-likeness (QED) is 0.815. The normalized spacial score (nSPS) is 11.0. The lowest BCUT2D eigenvalue weighted by Gasteiger charge is -2.13. The largest absolute Gasteiger partial charge is 0.506 e. The molecular formula is C14H14ClNO5S. The molecular weight excluding hydrogens is 330 g/mol. The average Bonchev–Trinajstić information content (AvgIpc) is 2.50. The molecule has 0 aliphatic rings. The second-order valence-electron chi connectivity index (χ2n) is 4.28. The first kappa shape index (κ1) is 16.3. The molecule has 0 aliphatic heterocycles. The van der Waals surface area contributed by atoms with Gasteiger partial charge in [0.05, 0.1) is 19.9 Å². The van der Waals surface area contributed by atoms with Crippen LogP contribution in [0.4, 0.5) is 5.69 Å². The molecule has 2 aromatic carbocycles. The van der Waals surface area contributed by atoms with Crippen LogP contribution >= 0.6 is 11.6 Å². The highest BCUT2D eigenvalue weighted by molar-refractivity contribution is 7.92. The highest BCUT2D eigenvalue weighted by Crippen LogP contribution is 2.33. The van der Waals surface area contributed by atoms with Crippen molar-refractivity contribution in [2.45, 2.75) is 4.90 Å². The molecule has 0 unspecified atom stereocenters. The molecule has 8 heteroatoms. The van der Waals surface area contributed by atoms with E-state index in [2.05, 4.69) is 4.72 Å². The molecule has 0 bridgehead atoms. The van der Waals surface area contributed by atoms with Crippen molar-refractivity contribution in [1.82, 2.24) is 0 Å². The highest BCUT2D eigenvalue weighted by Gasteiger charge is 2.22. The number of hydrogen-bond donors (Lipinski definition) is 2. The molecule has 0 saturated heterocycles. The second kappa shape index (κ2) is 6.33. The van der Waals surface area contributed by atoms with Crippen molar-refractivity contribution >= 4 is 27.3 Å². The number of nitrogens with one attached hydrogen (secondary N) is 1. The van der Waals surface area contributed by atoms with Gasteiger partial charge in [-0.25, -0.2) is 8.42 Å². The summed E-state index contributed by atoms with van der Waals surface area (Å²) < 4.78 is 37.4. The van der Waals surface area contributed by atoms with Crippen LogP contribution < -0.4 is 14.2 Å². The number of methoxy groups -OCH3 is 2. The van der Waals surface area contributed by atoms with Gasteiger partial charge in [0.15, 0.2) is 0 Å². The SMILES string of the molecule is COc1ccc(OC)c(S(=O)(=O)Nc2cc(Cl)ccc2O)c1. The molecule has 0 radical (unpaired) electrons. The summed E-state index contributed by atoms with van der Waals surface area (Å²) in [4.78, 5) is -0.117. The zero-order valence-corrected chi connectivity index (χ0v) is 13.4. The second-order valence-corrected chi connectivity index (χ2v) is 6.37. The van der Waals surface area contributed by atoms with Gasteiger partial charge in [-0.3, -0.25) is 4.72 Å². The summed E-state index contributed by atoms with van der Waals surface area (Å²) in [6.45, 7) is 0. The minimum absolute atomic E-state index is 0.0302. The Morgan fingerprint density at radius 2 is 1.82 bits per heavy atom. The number of sulfonamides is 1. The fourth-order valence-corrected chi connectivity index (χ4v) is 3.21. The minimum Gasteiger partial charge on any atom is -0.506 e. The number of benzene rings is 2. The van der Waals surface area contributed by atoms with Gasteiger partial charge in [0, 0.05) is 11.1 Å². The molecule has 0 aromatic heterocycles. The molecule has 0 heterocycles. The molecule has 6 nitrogen and oxygen atoms in total. The molecule has 0 spiro atoms. The third kappa shape index (κ3) is 3.37. The van der Waals surface area contributed by atoms with Crippen LogP contribution in [0.15, 0.2) is 41.3 Å². The number of anilines is 1. The molecule has 0 aliphatic carbocycles. The maximum absolute atomic E-state index is 12.5. The number of phenolic OH excluding ortho intramolecular Hbond substituents is 1. The fraction of sp³-hybridized carbons (Fsp3) is 0.143.